The van der Waals surface area contributed by atoms with E-state index in [4.69, 9.17) is 37.4 Å². The molecule has 39 heavy (non-hydrogen) atoms. The molecule has 0 saturated carbocycles. The van der Waals surface area contributed by atoms with E-state index in [0.29, 0.717) is 22.0 Å². The number of nitrogens with one attached hydrogen (secondary N) is 1. The topological polar surface area (TPSA) is 94.2 Å². The third-order valence-electron chi connectivity index (χ3n) is 5.55. The van der Waals surface area contributed by atoms with Crippen LogP contribution in [0.1, 0.15) is 11.1 Å². The van der Waals surface area contributed by atoms with E-state index in [1.165, 1.54) is 7.11 Å². The molecule has 0 atom stereocenters. The minimum Gasteiger partial charge on any atom is -0.493 e. The van der Waals surface area contributed by atoms with Crippen LogP contribution in [0.2, 0.25) is 10.0 Å². The quantitative estimate of drug-likeness (QED) is 0.273. The van der Waals surface area contributed by atoms with Crippen molar-refractivity contribution in [3.8, 4) is 17.2 Å². The number of imide groups is 1. The molecule has 1 fully saturated rings. The first-order valence-corrected chi connectivity index (χ1v) is 13.3. The predicted octanol–water partition coefficient (Wildman–Crippen LogP) is 6.44. The van der Waals surface area contributed by atoms with Gasteiger partial charge in [0.2, 0.25) is 0 Å². The normalized spacial score (nSPS) is 14.1. The van der Waals surface area contributed by atoms with Gasteiger partial charge in [-0.3, -0.25) is 19.3 Å². The van der Waals surface area contributed by atoms with E-state index >= 15 is 0 Å². The van der Waals surface area contributed by atoms with Crippen LogP contribution in [-0.4, -0.2) is 48.8 Å². The molecule has 202 valence electrons. The SMILES string of the molecule is COc1cc(/C=C2\SC(=O)N(CCOc3ccccc3)C2=O)cc(Cl)c1OCC(=O)Nc1ccc(C)c(Cl)c1. The van der Waals surface area contributed by atoms with Crippen molar-refractivity contribution in [2.45, 2.75) is 6.92 Å². The van der Waals surface area contributed by atoms with Gasteiger partial charge in [-0.25, -0.2) is 0 Å². The molecule has 11 heteroatoms. The fraction of sp³-hybridized carbons (Fsp3) is 0.179. The van der Waals surface area contributed by atoms with Crippen LogP contribution in [0.5, 0.6) is 17.2 Å². The average Bonchev–Trinajstić information content (AvgIpc) is 3.17. The van der Waals surface area contributed by atoms with Crippen molar-refractivity contribution in [1.82, 2.24) is 4.90 Å². The molecule has 3 aromatic rings. The number of nitrogens with zero attached hydrogens (tertiary/aromatic N) is 1. The Hall–Kier alpha value is -3.66. The zero-order chi connectivity index (χ0) is 27.9. The highest BCUT2D eigenvalue weighted by molar-refractivity contribution is 8.18. The lowest BCUT2D eigenvalue weighted by Gasteiger charge is -2.14. The van der Waals surface area contributed by atoms with Crippen molar-refractivity contribution in [2.24, 2.45) is 0 Å². The number of ether oxygens (including phenoxy) is 3. The van der Waals surface area contributed by atoms with Crippen LogP contribution in [-0.2, 0) is 9.59 Å². The fourth-order valence-corrected chi connectivity index (χ4v) is 4.90. The van der Waals surface area contributed by atoms with Gasteiger partial charge < -0.3 is 19.5 Å². The van der Waals surface area contributed by atoms with Crippen molar-refractivity contribution >= 4 is 63.8 Å². The molecule has 8 nitrogen and oxygen atoms in total. The van der Waals surface area contributed by atoms with Crippen LogP contribution in [0.4, 0.5) is 10.5 Å². The second-order valence-electron chi connectivity index (χ2n) is 8.33. The number of aryl methyl sites for hydroxylation is 1. The summed E-state index contributed by atoms with van der Waals surface area (Å²) in [5.41, 5.74) is 1.95. The molecule has 3 amide bonds. The van der Waals surface area contributed by atoms with Crippen molar-refractivity contribution in [2.75, 3.05) is 32.2 Å². The van der Waals surface area contributed by atoms with E-state index < -0.39 is 11.8 Å². The molecule has 1 heterocycles. The van der Waals surface area contributed by atoms with E-state index in [-0.39, 0.29) is 46.4 Å². The molecule has 0 unspecified atom stereocenters. The lowest BCUT2D eigenvalue weighted by Crippen LogP contribution is -2.32. The molecule has 1 aliphatic heterocycles. The van der Waals surface area contributed by atoms with Crippen LogP contribution in [0.15, 0.2) is 65.6 Å². The number of para-hydroxylation sites is 1. The van der Waals surface area contributed by atoms with E-state index in [9.17, 15) is 14.4 Å². The highest BCUT2D eigenvalue weighted by Crippen LogP contribution is 2.39. The molecule has 1 aliphatic rings. The van der Waals surface area contributed by atoms with Gasteiger partial charge in [0.15, 0.2) is 18.1 Å². The zero-order valence-electron chi connectivity index (χ0n) is 21.0. The maximum Gasteiger partial charge on any atom is 0.293 e. The second-order valence-corrected chi connectivity index (χ2v) is 10.1. The van der Waals surface area contributed by atoms with E-state index in [1.807, 2.05) is 25.1 Å². The van der Waals surface area contributed by atoms with Gasteiger partial charge in [0.1, 0.15) is 12.4 Å². The third kappa shape index (κ3) is 7.26. The fourth-order valence-electron chi connectivity index (χ4n) is 3.58. The molecule has 4 rings (SSSR count). The van der Waals surface area contributed by atoms with Gasteiger partial charge in [0, 0.05) is 10.7 Å². The monoisotopic (exact) mass is 586 g/mol. The summed E-state index contributed by atoms with van der Waals surface area (Å²) in [4.78, 5) is 39.1. The lowest BCUT2D eigenvalue weighted by molar-refractivity contribution is -0.123. The minimum absolute atomic E-state index is 0.116. The van der Waals surface area contributed by atoms with Gasteiger partial charge in [-0.05, 0) is 72.3 Å². The minimum atomic E-state index is -0.426. The van der Waals surface area contributed by atoms with Gasteiger partial charge in [0.05, 0.1) is 23.6 Å². The van der Waals surface area contributed by atoms with Gasteiger partial charge in [-0.15, -0.1) is 0 Å². The van der Waals surface area contributed by atoms with Crippen LogP contribution in [0, 0.1) is 6.92 Å². The predicted molar refractivity (Wildman–Crippen MR) is 153 cm³/mol. The average molecular weight is 587 g/mol. The Balaban J connectivity index is 1.40. The summed E-state index contributed by atoms with van der Waals surface area (Å²) >= 11 is 13.4. The summed E-state index contributed by atoms with van der Waals surface area (Å²) < 4.78 is 16.6. The Labute approximate surface area is 239 Å². The summed E-state index contributed by atoms with van der Waals surface area (Å²) in [5, 5.41) is 3.02. The summed E-state index contributed by atoms with van der Waals surface area (Å²) in [6.45, 7) is 1.82. The molecule has 0 bridgehead atoms. The van der Waals surface area contributed by atoms with Crippen molar-refractivity contribution < 1.29 is 28.6 Å². The second kappa shape index (κ2) is 12.9. The molecular weight excluding hydrogens is 563 g/mol. The number of benzene rings is 3. The molecule has 0 radical (unpaired) electrons. The van der Waals surface area contributed by atoms with Crippen molar-refractivity contribution in [3.63, 3.8) is 0 Å². The number of amides is 3. The van der Waals surface area contributed by atoms with Gasteiger partial charge in [-0.2, -0.15) is 0 Å². The molecular formula is C28H24Cl2N2O6S. The van der Waals surface area contributed by atoms with E-state index in [2.05, 4.69) is 5.32 Å². The Kier molecular flexibility index (Phi) is 9.40. The standard InChI is InChI=1S/C28H24Cl2N2O6S/c1-17-8-9-19(15-21(17)29)31-25(33)16-38-26-22(30)12-18(13-23(26)36-2)14-24-27(34)32(28(35)39-24)10-11-37-20-6-4-3-5-7-20/h3-9,12-15H,10-11,16H2,1-2H3,(H,31,33)/b24-14-. The molecule has 3 aromatic carbocycles. The summed E-state index contributed by atoms with van der Waals surface area (Å²) in [6.07, 6.45) is 1.55. The van der Waals surface area contributed by atoms with Crippen LogP contribution in [0.3, 0.4) is 0 Å². The molecule has 0 spiro atoms. The summed E-state index contributed by atoms with van der Waals surface area (Å²) in [6, 6.07) is 17.5. The number of rotatable bonds is 10. The number of carbonyl (C=O) groups excluding carboxylic acids is 3. The molecule has 0 aliphatic carbocycles. The summed E-state index contributed by atoms with van der Waals surface area (Å²) in [7, 11) is 1.43. The Bertz CT molecular complexity index is 1430. The molecule has 0 aromatic heterocycles. The van der Waals surface area contributed by atoms with Gasteiger partial charge in [0.25, 0.3) is 17.1 Å². The van der Waals surface area contributed by atoms with Crippen molar-refractivity contribution in [1.29, 1.82) is 0 Å². The summed E-state index contributed by atoms with van der Waals surface area (Å²) in [5.74, 6) is 0.239. The molecule has 1 saturated heterocycles. The highest BCUT2D eigenvalue weighted by atomic mass is 35.5. The highest BCUT2D eigenvalue weighted by Gasteiger charge is 2.35. The number of thioether (sulfide) groups is 1. The Morgan fingerprint density at radius 1 is 1.03 bits per heavy atom. The lowest BCUT2D eigenvalue weighted by atomic mass is 10.1. The smallest absolute Gasteiger partial charge is 0.293 e. The number of hydrogen-bond donors (Lipinski definition) is 1. The van der Waals surface area contributed by atoms with Crippen LogP contribution >= 0.6 is 35.0 Å². The Morgan fingerprint density at radius 3 is 2.51 bits per heavy atom. The number of carbonyl (C=O) groups is 3. The van der Waals surface area contributed by atoms with Crippen molar-refractivity contribution in [3.05, 3.63) is 86.7 Å². The largest absolute Gasteiger partial charge is 0.493 e. The van der Waals surface area contributed by atoms with Gasteiger partial charge >= 0.3 is 0 Å². The zero-order valence-corrected chi connectivity index (χ0v) is 23.4. The van der Waals surface area contributed by atoms with E-state index in [0.717, 1.165) is 22.2 Å². The van der Waals surface area contributed by atoms with Crippen LogP contribution in [0.25, 0.3) is 6.08 Å². The maximum atomic E-state index is 12.9. The first kappa shape index (κ1) is 28.4. The number of hydrogen-bond acceptors (Lipinski definition) is 7. The first-order valence-electron chi connectivity index (χ1n) is 11.7. The van der Waals surface area contributed by atoms with E-state index in [1.54, 1.807) is 48.5 Å². The Morgan fingerprint density at radius 2 is 1.79 bits per heavy atom. The number of anilines is 1. The maximum absolute atomic E-state index is 12.9. The third-order valence-corrected chi connectivity index (χ3v) is 7.15. The number of halogens is 2. The van der Waals surface area contributed by atoms with Gasteiger partial charge in [-0.1, -0.05) is 47.5 Å². The first-order chi connectivity index (χ1) is 18.7. The number of methoxy groups -OCH3 is 1. The van der Waals surface area contributed by atoms with Crippen LogP contribution < -0.4 is 19.5 Å². The molecule has 1 N–H and O–H groups in total.